The Kier molecular flexibility index (Phi) is 9.92. The van der Waals surface area contributed by atoms with Crippen molar-refractivity contribution in [2.45, 2.75) is 12.3 Å². The van der Waals surface area contributed by atoms with E-state index in [1.807, 2.05) is 0 Å². The lowest BCUT2D eigenvalue weighted by Crippen LogP contribution is -2.31. The van der Waals surface area contributed by atoms with Crippen molar-refractivity contribution in [2.75, 3.05) is 6.61 Å². The van der Waals surface area contributed by atoms with Crippen LogP contribution in [-0.2, 0) is 16.0 Å². The van der Waals surface area contributed by atoms with Crippen LogP contribution in [0.4, 0.5) is 0 Å². The van der Waals surface area contributed by atoms with Gasteiger partial charge in [0.05, 0.1) is 34.8 Å². The van der Waals surface area contributed by atoms with E-state index in [2.05, 4.69) is 0 Å². The van der Waals surface area contributed by atoms with Crippen molar-refractivity contribution >= 4 is 29.8 Å². The highest BCUT2D eigenvalue weighted by molar-refractivity contribution is 5.94. The molecule has 6 aromatic rings. The summed E-state index contributed by atoms with van der Waals surface area (Å²) in [5.41, 5.74) is 3.07. The molecule has 3 atom stereocenters. The fraction of sp³-hybridized carbons (Fsp3) is 0.109. The Hall–Kier alpha value is -7.33. The van der Waals surface area contributed by atoms with E-state index in [9.17, 15) is 24.0 Å². The van der Waals surface area contributed by atoms with Crippen molar-refractivity contribution in [1.29, 1.82) is 0 Å². The molecule has 0 spiro atoms. The number of carbonyl (C=O) groups is 5. The van der Waals surface area contributed by atoms with Gasteiger partial charge in [-0.3, -0.25) is 4.79 Å². The van der Waals surface area contributed by atoms with Crippen molar-refractivity contribution in [3.8, 4) is 23.0 Å². The maximum Gasteiger partial charge on any atom is 0.343 e. The minimum atomic E-state index is -0.680. The summed E-state index contributed by atoms with van der Waals surface area (Å²) in [4.78, 5) is 66.6. The topological polar surface area (TPSA) is 132 Å². The number of carbonyl (C=O) groups excluding carboxylic acids is 5. The molecule has 0 N–H and O–H groups in total. The smallest absolute Gasteiger partial charge is 0.343 e. The molecule has 1 saturated heterocycles. The van der Waals surface area contributed by atoms with Crippen molar-refractivity contribution in [3.63, 3.8) is 0 Å². The van der Waals surface area contributed by atoms with E-state index in [4.69, 9.17) is 23.7 Å². The second kappa shape index (κ2) is 15.6. The highest BCUT2D eigenvalue weighted by Crippen LogP contribution is 2.51. The summed E-state index contributed by atoms with van der Waals surface area (Å²) < 4.78 is 29.1. The van der Waals surface area contributed by atoms with Gasteiger partial charge in [-0.2, -0.15) is 0 Å². The molecule has 10 heteroatoms. The summed E-state index contributed by atoms with van der Waals surface area (Å²) in [7, 11) is 0. The van der Waals surface area contributed by atoms with E-state index in [0.717, 1.165) is 0 Å². The molecular weight excluding hydrogens is 712 g/mol. The maximum absolute atomic E-state index is 13.4. The highest BCUT2D eigenvalue weighted by atomic mass is 16.6. The number of hydrogen-bond donors (Lipinski definition) is 0. The third-order valence-electron chi connectivity index (χ3n) is 9.82. The molecule has 10 nitrogen and oxygen atoms in total. The first kappa shape index (κ1) is 35.7. The molecule has 1 heterocycles. The predicted octanol–water partition coefficient (Wildman–Crippen LogP) is 8.04. The van der Waals surface area contributed by atoms with Crippen molar-refractivity contribution in [2.24, 2.45) is 11.8 Å². The molecular formula is C46H32O10. The predicted molar refractivity (Wildman–Crippen MR) is 202 cm³/mol. The molecule has 2 aliphatic rings. The van der Waals surface area contributed by atoms with E-state index >= 15 is 0 Å². The Bertz CT molecular complexity index is 2450. The van der Waals surface area contributed by atoms with Crippen LogP contribution in [0.2, 0.25) is 0 Å². The first-order chi connectivity index (χ1) is 27.3. The third kappa shape index (κ3) is 7.40. The Morgan fingerprint density at radius 3 is 1.36 bits per heavy atom. The van der Waals surface area contributed by atoms with Crippen LogP contribution in [0.3, 0.4) is 0 Å². The van der Waals surface area contributed by atoms with Gasteiger partial charge in [-0.25, -0.2) is 19.2 Å². The quantitative estimate of drug-likeness (QED) is 0.106. The SMILES string of the molecule is O=C(Oc1ccc([C@@H]2c3cc(OC(=O)c4ccccc4)c(OC(=O)c4ccccc4)cc3C[C@@H]3C(=O)OC[C@H]23)cc1OC(=O)c1ccccc1)c1ccccc1. The zero-order chi connectivity index (χ0) is 38.6. The number of ether oxygens (including phenoxy) is 5. The lowest BCUT2D eigenvalue weighted by Gasteiger charge is -2.34. The van der Waals surface area contributed by atoms with E-state index in [1.165, 1.54) is 6.07 Å². The number of hydrogen-bond acceptors (Lipinski definition) is 10. The second-order valence-corrected chi connectivity index (χ2v) is 13.3. The van der Waals surface area contributed by atoms with Gasteiger partial charge in [0.1, 0.15) is 0 Å². The standard InChI is InChI=1S/C46H32O10/c47-42(28-13-5-1-6-14-28)53-37-22-21-32(24-38(37)54-43(48)29-15-7-2-8-16-29)41-34-26-40(56-45(50)31-19-11-4-12-20-31)39(55-44(49)30-17-9-3-10-18-30)25-33(34)23-35-36(41)27-52-46(35)51/h1-22,24-26,35-36,41H,23,27H2/t35-,36-,41+/m0/s1. The van der Waals surface area contributed by atoms with Crippen LogP contribution < -0.4 is 18.9 Å². The number of rotatable bonds is 9. The van der Waals surface area contributed by atoms with Gasteiger partial charge >= 0.3 is 29.8 Å². The molecule has 0 saturated carbocycles. The summed E-state index contributed by atoms with van der Waals surface area (Å²) >= 11 is 0. The van der Waals surface area contributed by atoms with Crippen molar-refractivity contribution < 1.29 is 47.7 Å². The Labute approximate surface area is 321 Å². The zero-order valence-electron chi connectivity index (χ0n) is 29.7. The van der Waals surface area contributed by atoms with Gasteiger partial charge < -0.3 is 23.7 Å². The number of cyclic esters (lactones) is 1. The highest BCUT2D eigenvalue weighted by Gasteiger charge is 2.47. The van der Waals surface area contributed by atoms with Gasteiger partial charge in [-0.15, -0.1) is 0 Å². The Morgan fingerprint density at radius 1 is 0.482 bits per heavy atom. The van der Waals surface area contributed by atoms with Crippen LogP contribution in [0.25, 0.3) is 0 Å². The van der Waals surface area contributed by atoms with Crippen LogP contribution in [0.1, 0.15) is 64.0 Å². The van der Waals surface area contributed by atoms with Crippen molar-refractivity contribution in [3.05, 3.63) is 191 Å². The van der Waals surface area contributed by atoms with Gasteiger partial charge in [0, 0.05) is 11.8 Å². The number of esters is 5. The first-order valence-electron chi connectivity index (χ1n) is 17.9. The van der Waals surface area contributed by atoms with Gasteiger partial charge in [-0.1, -0.05) is 78.9 Å². The summed E-state index contributed by atoms with van der Waals surface area (Å²) in [6.07, 6.45) is 0.265. The molecule has 8 rings (SSSR count). The van der Waals surface area contributed by atoms with E-state index in [1.54, 1.807) is 146 Å². The molecule has 0 bridgehead atoms. The lowest BCUT2D eigenvalue weighted by atomic mass is 9.67. The van der Waals surface area contributed by atoms with Gasteiger partial charge in [0.15, 0.2) is 23.0 Å². The summed E-state index contributed by atoms with van der Waals surface area (Å²) in [5, 5.41) is 0. The van der Waals surface area contributed by atoms with Gasteiger partial charge in [0.2, 0.25) is 0 Å². The van der Waals surface area contributed by atoms with Crippen LogP contribution in [0, 0.1) is 11.8 Å². The summed E-state index contributed by atoms with van der Waals surface area (Å²) in [6, 6.07) is 41.7. The molecule has 0 unspecified atom stereocenters. The van der Waals surface area contributed by atoms with Crippen LogP contribution in [-0.4, -0.2) is 36.5 Å². The fourth-order valence-corrected chi connectivity index (χ4v) is 7.09. The number of benzene rings is 6. The second-order valence-electron chi connectivity index (χ2n) is 13.3. The minimum Gasteiger partial charge on any atom is -0.465 e. The fourth-order valence-electron chi connectivity index (χ4n) is 7.09. The van der Waals surface area contributed by atoms with E-state index in [0.29, 0.717) is 22.3 Å². The molecule has 1 fully saturated rings. The monoisotopic (exact) mass is 744 g/mol. The summed E-state index contributed by atoms with van der Waals surface area (Å²) in [5.74, 6) is -4.62. The normalized spacial score (nSPS) is 16.7. The Morgan fingerprint density at radius 2 is 0.893 bits per heavy atom. The number of fused-ring (bicyclic) bond motifs is 2. The molecule has 1 aliphatic carbocycles. The van der Waals surface area contributed by atoms with Gasteiger partial charge in [0.25, 0.3) is 0 Å². The van der Waals surface area contributed by atoms with E-state index < -0.39 is 35.7 Å². The average molecular weight is 745 g/mol. The van der Waals surface area contributed by atoms with Crippen LogP contribution >= 0.6 is 0 Å². The lowest BCUT2D eigenvalue weighted by molar-refractivity contribution is -0.141. The van der Waals surface area contributed by atoms with E-state index in [-0.39, 0.29) is 64.6 Å². The van der Waals surface area contributed by atoms with Crippen LogP contribution in [0.5, 0.6) is 23.0 Å². The third-order valence-corrected chi connectivity index (χ3v) is 9.82. The average Bonchev–Trinajstić information content (AvgIpc) is 3.61. The molecule has 276 valence electrons. The maximum atomic E-state index is 13.4. The molecule has 0 aromatic heterocycles. The van der Waals surface area contributed by atoms with Crippen molar-refractivity contribution in [1.82, 2.24) is 0 Å². The molecule has 1 aliphatic heterocycles. The van der Waals surface area contributed by atoms with Crippen LogP contribution in [0.15, 0.2) is 152 Å². The molecule has 0 amide bonds. The molecule has 6 aromatic carbocycles. The largest absolute Gasteiger partial charge is 0.465 e. The minimum absolute atomic E-state index is 0.00105. The zero-order valence-corrected chi connectivity index (χ0v) is 29.7. The molecule has 56 heavy (non-hydrogen) atoms. The molecule has 0 radical (unpaired) electrons. The first-order valence-corrected chi connectivity index (χ1v) is 17.9. The van der Waals surface area contributed by atoms with Gasteiger partial charge in [-0.05, 0) is 95.9 Å². The Balaban J connectivity index is 1.23. The summed E-state index contributed by atoms with van der Waals surface area (Å²) in [6.45, 7) is 0.0986.